The van der Waals surface area contributed by atoms with E-state index in [4.69, 9.17) is 4.98 Å². The molecule has 0 saturated heterocycles. The van der Waals surface area contributed by atoms with Crippen molar-refractivity contribution in [1.82, 2.24) is 14.9 Å². The number of carbonyl (C=O) groups is 1. The Labute approximate surface area is 181 Å². The van der Waals surface area contributed by atoms with Crippen molar-refractivity contribution in [2.75, 3.05) is 5.75 Å². The van der Waals surface area contributed by atoms with E-state index in [-0.39, 0.29) is 23.3 Å². The lowest BCUT2D eigenvalue weighted by Crippen LogP contribution is -2.33. The lowest BCUT2D eigenvalue weighted by atomic mass is 9.98. The molecule has 6 heteroatoms. The van der Waals surface area contributed by atoms with Crippen molar-refractivity contribution in [2.45, 2.75) is 57.7 Å². The van der Waals surface area contributed by atoms with Crippen LogP contribution in [-0.4, -0.2) is 27.3 Å². The third kappa shape index (κ3) is 4.93. The maximum absolute atomic E-state index is 13.3. The number of hydrogen-bond acceptors (Lipinski definition) is 4. The minimum atomic E-state index is -0.123. The van der Waals surface area contributed by atoms with Crippen molar-refractivity contribution in [1.29, 1.82) is 0 Å². The normalized spacial score (nSPS) is 13.2. The average Bonchev–Trinajstić information content (AvgIpc) is 2.77. The second kappa shape index (κ2) is 9.94. The first-order chi connectivity index (χ1) is 14.4. The zero-order chi connectivity index (χ0) is 21.7. The summed E-state index contributed by atoms with van der Waals surface area (Å²) in [6, 6.07) is 15.5. The highest BCUT2D eigenvalue weighted by Crippen LogP contribution is 2.24. The first kappa shape index (κ1) is 22.1. The molecule has 0 saturated carbocycles. The van der Waals surface area contributed by atoms with Gasteiger partial charge in [0.05, 0.1) is 22.3 Å². The Morgan fingerprint density at radius 3 is 2.43 bits per heavy atom. The van der Waals surface area contributed by atoms with Crippen LogP contribution in [0.3, 0.4) is 0 Å². The Bertz CT molecular complexity index is 1080. The molecule has 0 fully saturated rings. The molecule has 5 nitrogen and oxygen atoms in total. The van der Waals surface area contributed by atoms with Gasteiger partial charge in [-0.25, -0.2) is 4.98 Å². The Morgan fingerprint density at radius 2 is 1.77 bits per heavy atom. The monoisotopic (exact) mass is 423 g/mol. The highest BCUT2D eigenvalue weighted by atomic mass is 32.2. The van der Waals surface area contributed by atoms with Crippen molar-refractivity contribution in [3.05, 3.63) is 64.4 Å². The standard InChI is InChI=1S/C24H29N3O2S/c1-5-16(3)18-11-13-19(14-12-18)27-23(29)20-9-7-8-10-21(20)26-24(27)30-15-22(28)25-17(4)6-2/h7-14,16-17H,5-6,15H2,1-4H3,(H,25,28)/t16-,17-/m1/s1. The van der Waals surface area contributed by atoms with E-state index in [2.05, 4.69) is 31.3 Å². The summed E-state index contributed by atoms with van der Waals surface area (Å²) in [6.45, 7) is 8.36. The molecule has 1 heterocycles. The van der Waals surface area contributed by atoms with Gasteiger partial charge in [-0.15, -0.1) is 0 Å². The Balaban J connectivity index is 2.01. The molecule has 30 heavy (non-hydrogen) atoms. The maximum Gasteiger partial charge on any atom is 0.266 e. The van der Waals surface area contributed by atoms with E-state index in [1.165, 1.54) is 17.3 Å². The minimum Gasteiger partial charge on any atom is -0.353 e. The molecular weight excluding hydrogens is 394 g/mol. The van der Waals surface area contributed by atoms with Crippen molar-refractivity contribution in [2.24, 2.45) is 0 Å². The van der Waals surface area contributed by atoms with Gasteiger partial charge in [0.2, 0.25) is 5.91 Å². The molecule has 0 unspecified atom stereocenters. The molecule has 1 aromatic heterocycles. The Kier molecular flexibility index (Phi) is 7.32. The van der Waals surface area contributed by atoms with E-state index in [0.717, 1.165) is 18.5 Å². The van der Waals surface area contributed by atoms with Gasteiger partial charge in [0.15, 0.2) is 5.16 Å². The highest BCUT2D eigenvalue weighted by molar-refractivity contribution is 7.99. The van der Waals surface area contributed by atoms with Crippen LogP contribution in [0.4, 0.5) is 0 Å². The van der Waals surface area contributed by atoms with Crippen LogP contribution in [0.1, 0.15) is 52.0 Å². The topological polar surface area (TPSA) is 64.0 Å². The highest BCUT2D eigenvalue weighted by Gasteiger charge is 2.15. The average molecular weight is 424 g/mol. The van der Waals surface area contributed by atoms with Gasteiger partial charge in [0.1, 0.15) is 0 Å². The van der Waals surface area contributed by atoms with E-state index in [1.807, 2.05) is 44.2 Å². The summed E-state index contributed by atoms with van der Waals surface area (Å²) in [5.74, 6) is 0.610. The van der Waals surface area contributed by atoms with Crippen LogP contribution in [0.25, 0.3) is 16.6 Å². The number of hydrogen-bond donors (Lipinski definition) is 1. The van der Waals surface area contributed by atoms with Gasteiger partial charge >= 0.3 is 0 Å². The second-order valence-corrected chi connectivity index (χ2v) is 8.56. The SMILES string of the molecule is CC[C@@H](C)NC(=O)CSc1nc2ccccc2c(=O)n1-c1ccc([C@H](C)CC)cc1. The van der Waals surface area contributed by atoms with Crippen LogP contribution < -0.4 is 10.9 Å². The summed E-state index contributed by atoms with van der Waals surface area (Å²) >= 11 is 1.29. The Hall–Kier alpha value is -2.60. The van der Waals surface area contributed by atoms with Crippen LogP contribution in [0.15, 0.2) is 58.5 Å². The summed E-state index contributed by atoms with van der Waals surface area (Å²) in [6.07, 6.45) is 1.93. The van der Waals surface area contributed by atoms with Crippen LogP contribution >= 0.6 is 11.8 Å². The Morgan fingerprint density at radius 1 is 1.07 bits per heavy atom. The van der Waals surface area contributed by atoms with E-state index in [9.17, 15) is 9.59 Å². The lowest BCUT2D eigenvalue weighted by Gasteiger charge is -2.15. The van der Waals surface area contributed by atoms with E-state index >= 15 is 0 Å². The molecule has 2 aromatic carbocycles. The summed E-state index contributed by atoms with van der Waals surface area (Å²) in [4.78, 5) is 30.3. The van der Waals surface area contributed by atoms with Crippen molar-refractivity contribution in [3.8, 4) is 5.69 Å². The van der Waals surface area contributed by atoms with E-state index in [0.29, 0.717) is 22.0 Å². The van der Waals surface area contributed by atoms with E-state index < -0.39 is 0 Å². The van der Waals surface area contributed by atoms with Crippen molar-refractivity contribution in [3.63, 3.8) is 0 Å². The lowest BCUT2D eigenvalue weighted by molar-refractivity contribution is -0.119. The number of fused-ring (bicyclic) bond motifs is 1. The molecule has 0 radical (unpaired) electrons. The molecule has 0 bridgehead atoms. The second-order valence-electron chi connectivity index (χ2n) is 7.62. The zero-order valence-corrected chi connectivity index (χ0v) is 18.8. The van der Waals surface area contributed by atoms with Gasteiger partial charge in [-0.3, -0.25) is 14.2 Å². The molecule has 1 amide bonds. The molecule has 3 rings (SSSR count). The largest absolute Gasteiger partial charge is 0.353 e. The number of nitrogens with zero attached hydrogens (tertiary/aromatic N) is 2. The predicted octanol–water partition coefficient (Wildman–Crippen LogP) is 4.91. The van der Waals surface area contributed by atoms with Crippen LogP contribution in [0.5, 0.6) is 0 Å². The number of nitrogens with one attached hydrogen (secondary N) is 1. The number of benzene rings is 2. The van der Waals surface area contributed by atoms with Gasteiger partial charge in [-0.2, -0.15) is 0 Å². The van der Waals surface area contributed by atoms with Gasteiger partial charge in [0, 0.05) is 6.04 Å². The van der Waals surface area contributed by atoms with Crippen molar-refractivity contribution < 1.29 is 4.79 Å². The fourth-order valence-corrected chi connectivity index (χ4v) is 4.00. The molecule has 2 atom stereocenters. The first-order valence-corrected chi connectivity index (χ1v) is 11.5. The number of rotatable bonds is 8. The molecule has 1 N–H and O–H groups in total. The molecule has 0 spiro atoms. The quantitative estimate of drug-likeness (QED) is 0.413. The molecular formula is C24H29N3O2S. The van der Waals surface area contributed by atoms with E-state index in [1.54, 1.807) is 10.6 Å². The summed E-state index contributed by atoms with van der Waals surface area (Å²) in [7, 11) is 0. The van der Waals surface area contributed by atoms with Gasteiger partial charge in [-0.1, -0.05) is 56.8 Å². The number of amides is 1. The fraction of sp³-hybridized carbons (Fsp3) is 0.375. The smallest absolute Gasteiger partial charge is 0.266 e. The third-order valence-electron chi connectivity index (χ3n) is 5.43. The van der Waals surface area contributed by atoms with Crippen LogP contribution in [0.2, 0.25) is 0 Å². The minimum absolute atomic E-state index is 0.0598. The summed E-state index contributed by atoms with van der Waals surface area (Å²) < 4.78 is 1.62. The molecule has 3 aromatic rings. The molecule has 0 aliphatic carbocycles. The predicted molar refractivity (Wildman–Crippen MR) is 125 cm³/mol. The number of para-hydroxylation sites is 1. The summed E-state index contributed by atoms with van der Waals surface area (Å²) in [5.41, 5.74) is 2.52. The molecule has 0 aliphatic heterocycles. The van der Waals surface area contributed by atoms with Gasteiger partial charge in [-0.05, 0) is 55.5 Å². The van der Waals surface area contributed by atoms with Gasteiger partial charge in [0.25, 0.3) is 5.56 Å². The zero-order valence-electron chi connectivity index (χ0n) is 18.0. The third-order valence-corrected chi connectivity index (χ3v) is 6.37. The number of thioether (sulfide) groups is 1. The number of carbonyl (C=O) groups excluding carboxylic acids is 1. The summed E-state index contributed by atoms with van der Waals surface area (Å²) in [5, 5.41) is 4.05. The maximum atomic E-state index is 13.3. The molecule has 158 valence electrons. The van der Waals surface area contributed by atoms with Crippen LogP contribution in [-0.2, 0) is 4.79 Å². The fourth-order valence-electron chi connectivity index (χ4n) is 3.17. The van der Waals surface area contributed by atoms with Crippen molar-refractivity contribution >= 4 is 28.6 Å². The van der Waals surface area contributed by atoms with Gasteiger partial charge < -0.3 is 5.32 Å². The number of aromatic nitrogens is 2. The van der Waals surface area contributed by atoms with Crippen LogP contribution in [0, 0.1) is 0 Å². The first-order valence-electron chi connectivity index (χ1n) is 10.5. The molecule has 0 aliphatic rings.